The van der Waals surface area contributed by atoms with E-state index in [1.807, 2.05) is 0 Å². The van der Waals surface area contributed by atoms with Crippen molar-refractivity contribution in [2.75, 3.05) is 18.4 Å². The van der Waals surface area contributed by atoms with Crippen LogP contribution in [0, 0.1) is 23.0 Å². The van der Waals surface area contributed by atoms with E-state index in [1.54, 1.807) is 31.2 Å². The number of carbonyl (C=O) groups excluding carboxylic acids is 1. The van der Waals surface area contributed by atoms with Gasteiger partial charge in [0.25, 0.3) is 5.69 Å². The molecule has 1 saturated heterocycles. The summed E-state index contributed by atoms with van der Waals surface area (Å²) in [6, 6.07) is 12.6. The molecule has 2 aromatic rings. The monoisotopic (exact) mass is 403 g/mol. The smallest absolute Gasteiger partial charge is 0.274 e. The highest BCUT2D eigenvalue weighted by molar-refractivity contribution is 7.89. The number of benzene rings is 2. The molecule has 28 heavy (non-hydrogen) atoms. The predicted octanol–water partition coefficient (Wildman–Crippen LogP) is 2.94. The minimum absolute atomic E-state index is 0.0743. The third kappa shape index (κ3) is 4.05. The van der Waals surface area contributed by atoms with Gasteiger partial charge in [-0.2, -0.15) is 4.31 Å². The first-order valence-electron chi connectivity index (χ1n) is 8.91. The van der Waals surface area contributed by atoms with Gasteiger partial charge >= 0.3 is 0 Å². The zero-order valence-corrected chi connectivity index (χ0v) is 16.2. The minimum atomic E-state index is -3.66. The molecule has 1 fully saturated rings. The Morgan fingerprint density at radius 1 is 1.18 bits per heavy atom. The van der Waals surface area contributed by atoms with E-state index >= 15 is 0 Å². The van der Waals surface area contributed by atoms with Gasteiger partial charge in [-0.25, -0.2) is 8.42 Å². The highest BCUT2D eigenvalue weighted by Crippen LogP contribution is 2.28. The van der Waals surface area contributed by atoms with Crippen LogP contribution in [0.4, 0.5) is 11.4 Å². The summed E-state index contributed by atoms with van der Waals surface area (Å²) in [5.41, 5.74) is 0.655. The van der Waals surface area contributed by atoms with E-state index in [0.29, 0.717) is 30.6 Å². The van der Waals surface area contributed by atoms with Crippen LogP contribution in [0.2, 0.25) is 0 Å². The maximum Gasteiger partial charge on any atom is 0.274 e. The topological polar surface area (TPSA) is 110 Å². The highest BCUT2D eigenvalue weighted by atomic mass is 32.2. The van der Waals surface area contributed by atoms with Crippen LogP contribution >= 0.6 is 0 Å². The lowest BCUT2D eigenvalue weighted by Gasteiger charge is -2.31. The number of sulfonamides is 1. The van der Waals surface area contributed by atoms with Crippen molar-refractivity contribution in [3.8, 4) is 0 Å². The summed E-state index contributed by atoms with van der Waals surface area (Å²) < 4.78 is 26.9. The molecule has 0 saturated carbocycles. The highest BCUT2D eigenvalue weighted by Gasteiger charge is 2.33. The minimum Gasteiger partial charge on any atom is -0.325 e. The van der Waals surface area contributed by atoms with E-state index in [2.05, 4.69) is 5.32 Å². The molecule has 0 aromatic heterocycles. The fraction of sp³-hybridized carbons (Fsp3) is 0.316. The Bertz CT molecular complexity index is 992. The number of rotatable bonds is 5. The summed E-state index contributed by atoms with van der Waals surface area (Å²) in [5, 5.41) is 13.8. The lowest BCUT2D eigenvalue weighted by atomic mass is 9.98. The fourth-order valence-corrected chi connectivity index (χ4v) is 4.85. The Kier molecular flexibility index (Phi) is 5.76. The van der Waals surface area contributed by atoms with Crippen molar-refractivity contribution < 1.29 is 18.1 Å². The van der Waals surface area contributed by atoms with Crippen LogP contribution in [-0.2, 0) is 14.8 Å². The Morgan fingerprint density at radius 2 is 1.89 bits per heavy atom. The molecular formula is C19H21N3O5S. The van der Waals surface area contributed by atoms with Gasteiger partial charge in [-0.3, -0.25) is 14.9 Å². The first kappa shape index (κ1) is 20.0. The van der Waals surface area contributed by atoms with Gasteiger partial charge in [0, 0.05) is 19.2 Å². The summed E-state index contributed by atoms with van der Waals surface area (Å²) in [5.74, 6) is -0.859. The second-order valence-electron chi connectivity index (χ2n) is 6.71. The van der Waals surface area contributed by atoms with Gasteiger partial charge in [0.1, 0.15) is 0 Å². The average molecular weight is 403 g/mol. The van der Waals surface area contributed by atoms with Crippen molar-refractivity contribution in [1.29, 1.82) is 0 Å². The van der Waals surface area contributed by atoms with Crippen LogP contribution in [-0.4, -0.2) is 36.6 Å². The van der Waals surface area contributed by atoms with Gasteiger partial charge in [0.15, 0.2) is 0 Å². The van der Waals surface area contributed by atoms with Gasteiger partial charge in [0.2, 0.25) is 15.9 Å². The number of nitro benzene ring substituents is 1. The molecule has 9 heteroatoms. The van der Waals surface area contributed by atoms with Crippen molar-refractivity contribution in [2.24, 2.45) is 5.92 Å². The number of piperidine rings is 1. The molecule has 148 valence electrons. The Labute approximate surface area is 163 Å². The van der Waals surface area contributed by atoms with Crippen LogP contribution in [0.15, 0.2) is 53.4 Å². The molecule has 1 atom stereocenters. The quantitative estimate of drug-likeness (QED) is 0.610. The number of nitrogens with one attached hydrogen (secondary N) is 1. The van der Waals surface area contributed by atoms with Crippen LogP contribution in [0.25, 0.3) is 0 Å². The molecule has 0 bridgehead atoms. The molecule has 1 aliphatic heterocycles. The number of hydrogen-bond acceptors (Lipinski definition) is 5. The number of hydrogen-bond donors (Lipinski definition) is 1. The fourth-order valence-electron chi connectivity index (χ4n) is 3.31. The number of carbonyl (C=O) groups is 1. The third-order valence-corrected chi connectivity index (χ3v) is 6.78. The maximum absolute atomic E-state index is 12.8. The van der Waals surface area contributed by atoms with Crippen molar-refractivity contribution in [3.05, 3.63) is 64.2 Å². The second-order valence-corrected chi connectivity index (χ2v) is 8.65. The predicted molar refractivity (Wildman–Crippen MR) is 104 cm³/mol. The molecule has 1 N–H and O–H groups in total. The summed E-state index contributed by atoms with van der Waals surface area (Å²) in [4.78, 5) is 23.5. The van der Waals surface area contributed by atoms with E-state index in [-0.39, 0.29) is 23.0 Å². The van der Waals surface area contributed by atoms with Crippen molar-refractivity contribution >= 4 is 27.3 Å². The van der Waals surface area contributed by atoms with E-state index in [0.717, 1.165) is 0 Å². The lowest BCUT2D eigenvalue weighted by Crippen LogP contribution is -2.43. The van der Waals surface area contributed by atoms with Crippen LogP contribution in [0.1, 0.15) is 18.4 Å². The van der Waals surface area contributed by atoms with Gasteiger partial charge in [-0.15, -0.1) is 0 Å². The maximum atomic E-state index is 12.8. The SMILES string of the molecule is Cc1c(NC(=O)[C@H]2CCCN(S(=O)(=O)c3ccccc3)C2)cccc1[N+](=O)[O-]. The van der Waals surface area contributed by atoms with Gasteiger partial charge in [-0.05, 0) is 38.0 Å². The zero-order chi connectivity index (χ0) is 20.3. The molecule has 0 unspecified atom stereocenters. The molecular weight excluding hydrogens is 382 g/mol. The van der Waals surface area contributed by atoms with E-state index < -0.39 is 20.9 Å². The molecule has 0 aliphatic carbocycles. The third-order valence-electron chi connectivity index (χ3n) is 4.90. The van der Waals surface area contributed by atoms with Crippen molar-refractivity contribution in [2.45, 2.75) is 24.7 Å². The molecule has 0 spiro atoms. The summed E-state index contributed by atoms with van der Waals surface area (Å²) in [6.45, 7) is 2.01. The van der Waals surface area contributed by atoms with Gasteiger partial charge in [-0.1, -0.05) is 24.3 Å². The number of anilines is 1. The van der Waals surface area contributed by atoms with Gasteiger partial charge < -0.3 is 5.32 Å². The normalized spacial score (nSPS) is 17.8. The number of amides is 1. The largest absolute Gasteiger partial charge is 0.325 e. The second kappa shape index (κ2) is 8.07. The van der Waals surface area contributed by atoms with Crippen molar-refractivity contribution in [3.63, 3.8) is 0 Å². The zero-order valence-electron chi connectivity index (χ0n) is 15.4. The Hall–Kier alpha value is -2.78. The molecule has 3 rings (SSSR count). The van der Waals surface area contributed by atoms with Gasteiger partial charge in [0.05, 0.1) is 27.0 Å². The molecule has 1 aliphatic rings. The Balaban J connectivity index is 1.75. The molecule has 1 heterocycles. The first-order valence-corrected chi connectivity index (χ1v) is 10.3. The Morgan fingerprint density at radius 3 is 2.57 bits per heavy atom. The molecule has 0 radical (unpaired) electrons. The van der Waals surface area contributed by atoms with E-state index in [4.69, 9.17) is 0 Å². The van der Waals surface area contributed by atoms with Crippen molar-refractivity contribution in [1.82, 2.24) is 4.31 Å². The summed E-state index contributed by atoms with van der Waals surface area (Å²) >= 11 is 0. The summed E-state index contributed by atoms with van der Waals surface area (Å²) in [6.07, 6.45) is 1.12. The van der Waals surface area contributed by atoms with Crippen LogP contribution in [0.3, 0.4) is 0 Å². The standard InChI is InChI=1S/C19H21N3O5S/c1-14-17(10-5-11-18(14)22(24)25)20-19(23)15-7-6-12-21(13-15)28(26,27)16-8-3-2-4-9-16/h2-5,8-11,15H,6-7,12-13H2,1H3,(H,20,23)/t15-/m0/s1. The first-order chi connectivity index (χ1) is 13.3. The van der Waals surface area contributed by atoms with Crippen LogP contribution in [0.5, 0.6) is 0 Å². The molecule has 1 amide bonds. The van der Waals surface area contributed by atoms with Crippen LogP contribution < -0.4 is 5.32 Å². The summed E-state index contributed by atoms with van der Waals surface area (Å²) in [7, 11) is -3.66. The van der Waals surface area contributed by atoms with E-state index in [9.17, 15) is 23.3 Å². The number of nitro groups is 1. The number of nitrogens with zero attached hydrogens (tertiary/aromatic N) is 2. The van der Waals surface area contributed by atoms with E-state index in [1.165, 1.54) is 28.6 Å². The molecule has 8 nitrogen and oxygen atoms in total. The lowest BCUT2D eigenvalue weighted by molar-refractivity contribution is -0.385. The average Bonchev–Trinajstić information content (AvgIpc) is 2.70. The molecule has 2 aromatic carbocycles.